The Balaban J connectivity index is 2.06. The van der Waals surface area contributed by atoms with Gasteiger partial charge in [-0.1, -0.05) is 56.3 Å². The zero-order valence-electron chi connectivity index (χ0n) is 15.2. The predicted octanol–water partition coefficient (Wildman–Crippen LogP) is 4.20. The number of hydrogen-bond donors (Lipinski definition) is 2. The van der Waals surface area contributed by atoms with E-state index in [9.17, 15) is 9.59 Å². The van der Waals surface area contributed by atoms with Gasteiger partial charge in [0.2, 0.25) is 5.91 Å². The zero-order valence-corrected chi connectivity index (χ0v) is 15.2. The molecular weight excluding hydrogens is 312 g/mol. The highest BCUT2D eigenvalue weighted by molar-refractivity contribution is 5.98. The number of benzene rings is 2. The fraction of sp³-hybridized carbons (Fsp3) is 0.333. The summed E-state index contributed by atoms with van der Waals surface area (Å²) in [7, 11) is 0. The van der Waals surface area contributed by atoms with E-state index in [1.807, 2.05) is 25.1 Å². The molecule has 0 saturated carbocycles. The van der Waals surface area contributed by atoms with Crippen LogP contribution in [0.25, 0.3) is 0 Å². The highest BCUT2D eigenvalue weighted by atomic mass is 16.2. The first-order valence-corrected chi connectivity index (χ1v) is 8.61. The molecule has 0 aliphatic carbocycles. The molecule has 1 amide bonds. The molecule has 0 unspecified atom stereocenters. The minimum atomic E-state index is -0.367. The van der Waals surface area contributed by atoms with Gasteiger partial charge < -0.3 is 5.32 Å². The molecule has 2 aromatic carbocycles. The number of carbonyl (C=O) groups excluding carboxylic acids is 2. The number of carbonyl (C=O) groups is 2. The molecule has 0 aliphatic heterocycles. The molecule has 0 aromatic heterocycles. The summed E-state index contributed by atoms with van der Waals surface area (Å²) >= 11 is 0. The largest absolute Gasteiger partial charge is 0.325 e. The number of hydrogen-bond acceptors (Lipinski definition) is 3. The Kier molecular flexibility index (Phi) is 6.48. The average molecular weight is 338 g/mol. The number of ketones is 1. The smallest absolute Gasteiger partial charge is 0.241 e. The molecule has 0 aliphatic rings. The van der Waals surface area contributed by atoms with Gasteiger partial charge in [-0.3, -0.25) is 14.9 Å². The second kappa shape index (κ2) is 8.58. The van der Waals surface area contributed by atoms with Gasteiger partial charge in [-0.2, -0.15) is 0 Å². The van der Waals surface area contributed by atoms with Gasteiger partial charge in [0.05, 0.1) is 6.04 Å². The Morgan fingerprint density at radius 2 is 1.60 bits per heavy atom. The van der Waals surface area contributed by atoms with Gasteiger partial charge in [-0.25, -0.2) is 0 Å². The van der Waals surface area contributed by atoms with E-state index in [0.717, 1.165) is 5.56 Å². The molecule has 0 fully saturated rings. The highest BCUT2D eigenvalue weighted by Gasteiger charge is 2.21. The molecule has 25 heavy (non-hydrogen) atoms. The topological polar surface area (TPSA) is 58.2 Å². The van der Waals surface area contributed by atoms with Crippen molar-refractivity contribution >= 4 is 17.4 Å². The van der Waals surface area contributed by atoms with Gasteiger partial charge in [0.15, 0.2) is 5.78 Å². The van der Waals surface area contributed by atoms with Gasteiger partial charge in [-0.15, -0.1) is 0 Å². The molecule has 0 spiro atoms. The minimum Gasteiger partial charge on any atom is -0.325 e. The van der Waals surface area contributed by atoms with E-state index in [1.165, 1.54) is 6.92 Å². The normalized spacial score (nSPS) is 13.3. The number of rotatable bonds is 7. The lowest BCUT2D eigenvalue weighted by Crippen LogP contribution is -2.41. The first kappa shape index (κ1) is 18.9. The van der Waals surface area contributed by atoms with Crippen LogP contribution in [0.5, 0.6) is 0 Å². The maximum Gasteiger partial charge on any atom is 0.241 e. The number of nitrogens with one attached hydrogen (secondary N) is 2. The molecule has 132 valence electrons. The summed E-state index contributed by atoms with van der Waals surface area (Å²) in [5, 5.41) is 6.29. The highest BCUT2D eigenvalue weighted by Crippen LogP contribution is 2.22. The Bertz CT molecular complexity index is 726. The van der Waals surface area contributed by atoms with E-state index in [1.54, 1.807) is 24.3 Å². The molecule has 0 bridgehead atoms. The fourth-order valence-electron chi connectivity index (χ4n) is 2.75. The molecule has 4 heteroatoms. The molecule has 0 radical (unpaired) electrons. The molecular formula is C21H26N2O2. The number of Topliss-reactive ketones (excluding diaryl/α,β-unsaturated/α-hetero) is 1. The van der Waals surface area contributed by atoms with Crippen molar-refractivity contribution in [3.05, 3.63) is 65.7 Å². The van der Waals surface area contributed by atoms with Crippen LogP contribution in [0.2, 0.25) is 0 Å². The monoisotopic (exact) mass is 338 g/mol. The zero-order chi connectivity index (χ0) is 18.4. The van der Waals surface area contributed by atoms with E-state index in [-0.39, 0.29) is 23.8 Å². The van der Waals surface area contributed by atoms with E-state index in [4.69, 9.17) is 0 Å². The summed E-state index contributed by atoms with van der Waals surface area (Å²) < 4.78 is 0. The van der Waals surface area contributed by atoms with E-state index >= 15 is 0 Å². The average Bonchev–Trinajstić information content (AvgIpc) is 2.60. The summed E-state index contributed by atoms with van der Waals surface area (Å²) in [6, 6.07) is 16.8. The quantitative estimate of drug-likeness (QED) is 0.744. The molecule has 2 atom stereocenters. The molecule has 0 saturated heterocycles. The Labute approximate surface area is 149 Å². The number of amides is 1. The summed E-state index contributed by atoms with van der Waals surface area (Å²) in [6.45, 7) is 7.62. The van der Waals surface area contributed by atoms with Crippen molar-refractivity contribution in [1.82, 2.24) is 5.32 Å². The second-order valence-electron chi connectivity index (χ2n) is 6.65. The minimum absolute atomic E-state index is 0.0220. The van der Waals surface area contributed by atoms with Crippen molar-refractivity contribution in [3.63, 3.8) is 0 Å². The van der Waals surface area contributed by atoms with Crippen LogP contribution >= 0.6 is 0 Å². The molecule has 0 heterocycles. The summed E-state index contributed by atoms with van der Waals surface area (Å²) in [5.41, 5.74) is 2.38. The third-order valence-corrected chi connectivity index (χ3v) is 4.18. The van der Waals surface area contributed by atoms with E-state index in [0.29, 0.717) is 17.2 Å². The molecule has 2 rings (SSSR count). The lowest BCUT2D eigenvalue weighted by atomic mass is 9.95. The van der Waals surface area contributed by atoms with E-state index < -0.39 is 0 Å². The van der Waals surface area contributed by atoms with Crippen LogP contribution in [-0.4, -0.2) is 17.7 Å². The van der Waals surface area contributed by atoms with Crippen LogP contribution < -0.4 is 10.6 Å². The van der Waals surface area contributed by atoms with Gasteiger partial charge in [-0.05, 0) is 37.5 Å². The SMILES string of the molecule is CC(=O)c1cccc(NC(=O)[C@H](C)N[C@H](c2ccccc2)C(C)C)c1. The third-order valence-electron chi connectivity index (χ3n) is 4.18. The lowest BCUT2D eigenvalue weighted by molar-refractivity contribution is -0.118. The number of anilines is 1. The maximum absolute atomic E-state index is 12.5. The van der Waals surface area contributed by atoms with Gasteiger partial charge in [0.25, 0.3) is 0 Å². The second-order valence-corrected chi connectivity index (χ2v) is 6.65. The van der Waals surface area contributed by atoms with Crippen LogP contribution in [0.4, 0.5) is 5.69 Å². The van der Waals surface area contributed by atoms with Crippen molar-refractivity contribution < 1.29 is 9.59 Å². The van der Waals surface area contributed by atoms with Crippen molar-refractivity contribution in [2.45, 2.75) is 39.8 Å². The van der Waals surface area contributed by atoms with Crippen LogP contribution in [0.1, 0.15) is 49.7 Å². The molecule has 2 N–H and O–H groups in total. The van der Waals surface area contributed by atoms with Crippen molar-refractivity contribution in [2.75, 3.05) is 5.32 Å². The first-order valence-electron chi connectivity index (χ1n) is 8.61. The first-order chi connectivity index (χ1) is 11.9. The van der Waals surface area contributed by atoms with E-state index in [2.05, 4.69) is 36.6 Å². The summed E-state index contributed by atoms with van der Waals surface area (Å²) in [5.74, 6) is 0.201. The predicted molar refractivity (Wildman–Crippen MR) is 102 cm³/mol. The Morgan fingerprint density at radius 1 is 0.920 bits per heavy atom. The van der Waals surface area contributed by atoms with Crippen molar-refractivity contribution in [1.29, 1.82) is 0 Å². The third kappa shape index (κ3) is 5.26. The van der Waals surface area contributed by atoms with Crippen LogP contribution in [0.15, 0.2) is 54.6 Å². The van der Waals surface area contributed by atoms with Gasteiger partial charge in [0.1, 0.15) is 0 Å². The Hall–Kier alpha value is -2.46. The van der Waals surface area contributed by atoms with Crippen molar-refractivity contribution in [3.8, 4) is 0 Å². The fourth-order valence-corrected chi connectivity index (χ4v) is 2.75. The van der Waals surface area contributed by atoms with Crippen LogP contribution in [-0.2, 0) is 4.79 Å². The van der Waals surface area contributed by atoms with Crippen LogP contribution in [0, 0.1) is 5.92 Å². The Morgan fingerprint density at radius 3 is 2.20 bits per heavy atom. The maximum atomic E-state index is 12.5. The van der Waals surface area contributed by atoms with Gasteiger partial charge >= 0.3 is 0 Å². The lowest BCUT2D eigenvalue weighted by Gasteiger charge is -2.26. The van der Waals surface area contributed by atoms with Gasteiger partial charge in [0, 0.05) is 17.3 Å². The van der Waals surface area contributed by atoms with Crippen molar-refractivity contribution in [2.24, 2.45) is 5.92 Å². The summed E-state index contributed by atoms with van der Waals surface area (Å²) in [6.07, 6.45) is 0. The summed E-state index contributed by atoms with van der Waals surface area (Å²) in [4.78, 5) is 24.0. The molecule has 4 nitrogen and oxygen atoms in total. The van der Waals surface area contributed by atoms with Crippen LogP contribution in [0.3, 0.4) is 0 Å². The standard InChI is InChI=1S/C21H26N2O2/c1-14(2)20(17-9-6-5-7-10-17)22-15(3)21(25)23-19-12-8-11-18(13-19)16(4)24/h5-15,20,22H,1-4H3,(H,23,25)/t15-,20-/m0/s1. The molecule has 2 aromatic rings.